The summed E-state index contributed by atoms with van der Waals surface area (Å²) in [6, 6.07) is 2.66. The maximum absolute atomic E-state index is 13.2. The Bertz CT molecular complexity index is 1370. The first-order valence-corrected chi connectivity index (χ1v) is 12.4. The third-order valence-corrected chi connectivity index (χ3v) is 8.86. The first-order valence-electron chi connectivity index (χ1n) is 12.4. The molecule has 0 N–H and O–H groups in total. The predicted octanol–water partition coefficient (Wildman–Crippen LogP) is 3.98. The zero-order valence-electron chi connectivity index (χ0n) is 20.3. The monoisotopic (exact) mass is 450 g/mol. The van der Waals surface area contributed by atoms with Crippen molar-refractivity contribution in [2.24, 2.45) is 29.1 Å². The van der Waals surface area contributed by atoms with E-state index in [-0.39, 0.29) is 49.8 Å². The molecule has 4 unspecified atom stereocenters. The summed E-state index contributed by atoms with van der Waals surface area (Å²) in [4.78, 5) is 51.8. The first-order chi connectivity index (χ1) is 15.5. The van der Waals surface area contributed by atoms with Gasteiger partial charge < -0.3 is 0 Å². The molecule has 0 saturated heterocycles. The van der Waals surface area contributed by atoms with Gasteiger partial charge in [-0.15, -0.1) is 0 Å². The topological polar surface area (TPSA) is 78.1 Å². The quantitative estimate of drug-likeness (QED) is 0.569. The fourth-order valence-corrected chi connectivity index (χ4v) is 6.75. The smallest absolute Gasteiger partial charge is 0.261 e. The molecule has 5 rings (SSSR count). The summed E-state index contributed by atoms with van der Waals surface area (Å²) in [7, 11) is 0. The van der Waals surface area contributed by atoms with Crippen LogP contribution in [-0.4, -0.2) is 9.13 Å². The average molecular weight is 451 g/mol. The van der Waals surface area contributed by atoms with Gasteiger partial charge in [-0.1, -0.05) is 27.2 Å². The van der Waals surface area contributed by atoms with Gasteiger partial charge in [0.15, 0.2) is 0 Å². The Morgan fingerprint density at radius 1 is 0.818 bits per heavy atom. The molecule has 2 fully saturated rings. The molecule has 1 aromatic carbocycles. The Hall–Kier alpha value is -2.50. The second-order valence-corrected chi connectivity index (χ2v) is 11.7. The number of nitrogens with zero attached hydrogens (tertiary/aromatic N) is 2. The van der Waals surface area contributed by atoms with Crippen LogP contribution in [0.4, 0.5) is 0 Å². The molecule has 3 aromatic rings. The standard InChI is InChI=1S/C27H34N2O4/c1-6-27(4,5)12-17-8-16-7-15(17)9-18(16)13-28-23(30)19-10-21-22(11-20(19)24(28)31)26(33)29(14(2)3)25(21)32/h10-11,14-18H,6-9,12-13H2,1-5H3. The minimum atomic E-state index is -0.388. The summed E-state index contributed by atoms with van der Waals surface area (Å²) in [6.07, 6.45) is 5.93. The highest BCUT2D eigenvalue weighted by Crippen LogP contribution is 2.55. The van der Waals surface area contributed by atoms with E-state index in [1.165, 1.54) is 47.0 Å². The van der Waals surface area contributed by atoms with Crippen LogP contribution < -0.4 is 22.2 Å². The highest BCUT2D eigenvalue weighted by molar-refractivity contribution is 5.97. The van der Waals surface area contributed by atoms with Crippen molar-refractivity contribution in [3.63, 3.8) is 0 Å². The third-order valence-electron chi connectivity index (χ3n) is 8.86. The van der Waals surface area contributed by atoms with Gasteiger partial charge >= 0.3 is 0 Å². The molecule has 0 amide bonds. The zero-order chi connectivity index (χ0) is 23.8. The van der Waals surface area contributed by atoms with Crippen LogP contribution >= 0.6 is 0 Å². The maximum atomic E-state index is 13.2. The summed E-state index contributed by atoms with van der Waals surface area (Å²) >= 11 is 0. The second-order valence-electron chi connectivity index (χ2n) is 11.7. The normalized spacial score (nSPS) is 25.3. The van der Waals surface area contributed by atoms with Crippen molar-refractivity contribution < 1.29 is 0 Å². The first kappa shape index (κ1) is 22.3. The lowest BCUT2D eigenvalue weighted by molar-refractivity contribution is 0.168. The van der Waals surface area contributed by atoms with Gasteiger partial charge in [-0.2, -0.15) is 0 Å². The highest BCUT2D eigenvalue weighted by Gasteiger charge is 2.46. The minimum Gasteiger partial charge on any atom is -0.274 e. The molecule has 0 aliphatic heterocycles. The Balaban J connectivity index is 1.46. The molecule has 4 atom stereocenters. The van der Waals surface area contributed by atoms with E-state index in [1.54, 1.807) is 13.8 Å². The molecule has 33 heavy (non-hydrogen) atoms. The lowest BCUT2D eigenvalue weighted by atomic mass is 9.73. The van der Waals surface area contributed by atoms with Crippen LogP contribution in [-0.2, 0) is 6.54 Å². The van der Waals surface area contributed by atoms with Gasteiger partial charge in [-0.05, 0) is 80.8 Å². The van der Waals surface area contributed by atoms with Crippen molar-refractivity contribution in [3.8, 4) is 0 Å². The molecule has 6 nitrogen and oxygen atoms in total. The van der Waals surface area contributed by atoms with Crippen LogP contribution in [0.15, 0.2) is 31.3 Å². The van der Waals surface area contributed by atoms with E-state index in [4.69, 9.17) is 0 Å². The lowest BCUT2D eigenvalue weighted by Gasteiger charge is -2.33. The van der Waals surface area contributed by atoms with Gasteiger partial charge in [0.25, 0.3) is 22.2 Å². The second kappa shape index (κ2) is 7.51. The van der Waals surface area contributed by atoms with E-state index in [0.717, 1.165) is 12.3 Å². The zero-order valence-corrected chi connectivity index (χ0v) is 20.3. The number of hydrogen-bond donors (Lipinski definition) is 0. The largest absolute Gasteiger partial charge is 0.274 e. The van der Waals surface area contributed by atoms with Crippen molar-refractivity contribution in [1.82, 2.24) is 9.13 Å². The van der Waals surface area contributed by atoms with Gasteiger partial charge in [-0.25, -0.2) is 0 Å². The Morgan fingerprint density at radius 3 is 1.76 bits per heavy atom. The van der Waals surface area contributed by atoms with Crippen molar-refractivity contribution in [1.29, 1.82) is 0 Å². The van der Waals surface area contributed by atoms with Crippen LogP contribution in [0.3, 0.4) is 0 Å². The molecule has 0 radical (unpaired) electrons. The van der Waals surface area contributed by atoms with Crippen LogP contribution in [0.25, 0.3) is 21.5 Å². The van der Waals surface area contributed by atoms with Crippen LogP contribution in [0, 0.1) is 29.1 Å². The van der Waals surface area contributed by atoms with Gasteiger partial charge in [-0.3, -0.25) is 28.3 Å². The molecule has 0 spiro atoms. The van der Waals surface area contributed by atoms with Crippen molar-refractivity contribution in [2.75, 3.05) is 0 Å². The van der Waals surface area contributed by atoms with Crippen molar-refractivity contribution in [3.05, 3.63) is 53.5 Å². The van der Waals surface area contributed by atoms with Crippen LogP contribution in [0.2, 0.25) is 0 Å². The van der Waals surface area contributed by atoms with Crippen molar-refractivity contribution >= 4 is 21.5 Å². The Morgan fingerprint density at radius 2 is 1.30 bits per heavy atom. The van der Waals surface area contributed by atoms with Gasteiger partial charge in [0.1, 0.15) is 0 Å². The molecule has 2 bridgehead atoms. The third kappa shape index (κ3) is 3.36. The highest BCUT2D eigenvalue weighted by atomic mass is 16.2. The van der Waals surface area contributed by atoms with E-state index >= 15 is 0 Å². The molecule has 176 valence electrons. The molecule has 2 saturated carbocycles. The van der Waals surface area contributed by atoms with Gasteiger partial charge in [0.2, 0.25) is 0 Å². The Labute approximate surface area is 192 Å². The number of rotatable bonds is 6. The van der Waals surface area contributed by atoms with E-state index in [0.29, 0.717) is 29.7 Å². The summed E-state index contributed by atoms with van der Waals surface area (Å²) < 4.78 is 2.56. The fourth-order valence-electron chi connectivity index (χ4n) is 6.75. The lowest BCUT2D eigenvalue weighted by Crippen LogP contribution is -2.32. The number of fused-ring (bicyclic) bond motifs is 4. The fraction of sp³-hybridized carbons (Fsp3) is 0.630. The summed E-state index contributed by atoms with van der Waals surface area (Å²) in [5.41, 5.74) is -1.06. The summed E-state index contributed by atoms with van der Waals surface area (Å²) in [5, 5.41) is 0.987. The Kier molecular flexibility index (Phi) is 5.07. The van der Waals surface area contributed by atoms with E-state index in [9.17, 15) is 19.2 Å². The average Bonchev–Trinajstić information content (AvgIpc) is 3.46. The van der Waals surface area contributed by atoms with Gasteiger partial charge in [0.05, 0.1) is 21.5 Å². The maximum Gasteiger partial charge on any atom is 0.261 e. The van der Waals surface area contributed by atoms with E-state index in [2.05, 4.69) is 20.8 Å². The molecular weight excluding hydrogens is 416 g/mol. The van der Waals surface area contributed by atoms with Crippen LogP contribution in [0.5, 0.6) is 0 Å². The van der Waals surface area contributed by atoms with Gasteiger partial charge in [0, 0.05) is 12.6 Å². The molecule has 2 aromatic heterocycles. The number of benzene rings is 1. The SMILES string of the molecule is CCC(C)(C)CC1CC2CC1CC2Cn1c(=O)c2cc3c(=O)n(C(C)C)c(=O)c3cc2c1=O. The summed E-state index contributed by atoms with van der Waals surface area (Å²) in [5.74, 6) is 2.38. The number of hydrogen-bond acceptors (Lipinski definition) is 4. The molecule has 6 heteroatoms. The van der Waals surface area contributed by atoms with Crippen LogP contribution in [0.1, 0.15) is 72.8 Å². The predicted molar refractivity (Wildman–Crippen MR) is 132 cm³/mol. The molecule has 2 heterocycles. The van der Waals surface area contributed by atoms with E-state index < -0.39 is 0 Å². The molecular formula is C27H34N2O4. The minimum absolute atomic E-state index is 0.233. The van der Waals surface area contributed by atoms with E-state index in [1.807, 2.05) is 0 Å². The molecule has 2 aliphatic carbocycles. The van der Waals surface area contributed by atoms with Crippen molar-refractivity contribution in [2.45, 2.75) is 79.3 Å². The molecule has 2 aliphatic rings. The number of aromatic nitrogens is 2. The summed E-state index contributed by atoms with van der Waals surface area (Å²) in [6.45, 7) is 11.0.